The zero-order valence-electron chi connectivity index (χ0n) is 18.8. The van der Waals surface area contributed by atoms with Crippen molar-refractivity contribution in [2.24, 2.45) is 0 Å². The molecule has 0 unspecified atom stereocenters. The van der Waals surface area contributed by atoms with Crippen LogP contribution < -0.4 is 0 Å². The molecule has 0 radical (unpaired) electrons. The Morgan fingerprint density at radius 2 is 1.79 bits per heavy atom. The third-order valence-corrected chi connectivity index (χ3v) is 6.59. The van der Waals surface area contributed by atoms with Gasteiger partial charge in [-0.2, -0.15) is 0 Å². The van der Waals surface area contributed by atoms with Gasteiger partial charge in [-0.1, -0.05) is 29.8 Å². The fraction of sp³-hybridized carbons (Fsp3) is 0.200. The molecule has 33 heavy (non-hydrogen) atoms. The smallest absolute Gasteiger partial charge is 0.293 e. The van der Waals surface area contributed by atoms with Gasteiger partial charge in [0.15, 0.2) is 0 Å². The molecule has 168 valence electrons. The summed E-state index contributed by atoms with van der Waals surface area (Å²) >= 11 is 0.887. The van der Waals surface area contributed by atoms with E-state index in [0.29, 0.717) is 10.5 Å². The molecular formula is C25H23N3O4S. The van der Waals surface area contributed by atoms with Crippen molar-refractivity contribution in [2.75, 3.05) is 0 Å². The number of nitro benzene ring substituents is 1. The molecule has 2 amide bonds. The van der Waals surface area contributed by atoms with Crippen LogP contribution in [0.2, 0.25) is 0 Å². The van der Waals surface area contributed by atoms with Crippen molar-refractivity contribution < 1.29 is 14.5 Å². The molecule has 3 aromatic rings. The maximum atomic E-state index is 13.0. The van der Waals surface area contributed by atoms with Crippen molar-refractivity contribution in [1.29, 1.82) is 0 Å². The molecule has 8 heteroatoms. The molecule has 0 bridgehead atoms. The summed E-state index contributed by atoms with van der Waals surface area (Å²) in [6.45, 7) is 8.12. The second-order valence-corrected chi connectivity index (χ2v) is 9.14. The average molecular weight is 462 g/mol. The van der Waals surface area contributed by atoms with Crippen LogP contribution in [0.25, 0.3) is 11.8 Å². The van der Waals surface area contributed by atoms with Gasteiger partial charge in [0.1, 0.15) is 0 Å². The summed E-state index contributed by atoms with van der Waals surface area (Å²) in [6.07, 6.45) is 1.75. The van der Waals surface area contributed by atoms with Gasteiger partial charge in [0.25, 0.3) is 16.8 Å². The summed E-state index contributed by atoms with van der Waals surface area (Å²) in [5, 5.41) is 10.6. The summed E-state index contributed by atoms with van der Waals surface area (Å²) in [7, 11) is 0. The molecule has 0 atom stereocenters. The second-order valence-electron chi connectivity index (χ2n) is 8.15. The summed E-state index contributed by atoms with van der Waals surface area (Å²) < 4.78 is 2.15. The number of amides is 2. The Labute approximate surface area is 195 Å². The van der Waals surface area contributed by atoms with Gasteiger partial charge in [-0.3, -0.25) is 24.6 Å². The zero-order valence-corrected chi connectivity index (χ0v) is 19.6. The van der Waals surface area contributed by atoms with Crippen LogP contribution >= 0.6 is 11.8 Å². The largest absolute Gasteiger partial charge is 0.318 e. The van der Waals surface area contributed by atoms with Crippen LogP contribution in [0.15, 0.2) is 53.4 Å². The first-order valence-corrected chi connectivity index (χ1v) is 11.2. The minimum absolute atomic E-state index is 0.00866. The molecular weight excluding hydrogens is 438 g/mol. The van der Waals surface area contributed by atoms with Gasteiger partial charge in [0, 0.05) is 29.2 Å². The predicted molar refractivity (Wildman–Crippen MR) is 129 cm³/mol. The Morgan fingerprint density at radius 3 is 2.48 bits per heavy atom. The number of imide groups is 1. The molecule has 1 aliphatic rings. The first kappa shape index (κ1) is 22.5. The van der Waals surface area contributed by atoms with Gasteiger partial charge in [0.05, 0.1) is 16.4 Å². The lowest BCUT2D eigenvalue weighted by molar-refractivity contribution is -0.384. The first-order valence-electron chi connectivity index (χ1n) is 10.4. The van der Waals surface area contributed by atoms with Crippen LogP contribution in [0.3, 0.4) is 0 Å². The normalized spacial score (nSPS) is 15.0. The van der Waals surface area contributed by atoms with Crippen LogP contribution in [0, 0.1) is 37.8 Å². The predicted octanol–water partition coefficient (Wildman–Crippen LogP) is 5.86. The SMILES string of the molecule is Cc1ccc(-n2c(C)cc(/C=C3/SC(=O)N(Cc4cccc([N+](=O)[O-])c4)C3=O)c2C)c(C)c1. The molecule has 1 fully saturated rings. The second kappa shape index (κ2) is 8.71. The lowest BCUT2D eigenvalue weighted by Crippen LogP contribution is -2.27. The van der Waals surface area contributed by atoms with Crippen LogP contribution in [-0.2, 0) is 11.3 Å². The summed E-state index contributed by atoms with van der Waals surface area (Å²) in [6, 6.07) is 14.3. The number of carbonyl (C=O) groups is 2. The van der Waals surface area contributed by atoms with Gasteiger partial charge < -0.3 is 4.57 Å². The van der Waals surface area contributed by atoms with E-state index in [-0.39, 0.29) is 17.5 Å². The molecule has 2 aromatic carbocycles. The van der Waals surface area contributed by atoms with Crippen LogP contribution in [0.5, 0.6) is 0 Å². The minimum atomic E-state index is -0.497. The van der Waals surface area contributed by atoms with E-state index < -0.39 is 10.8 Å². The van der Waals surface area contributed by atoms with Gasteiger partial charge in [-0.25, -0.2) is 0 Å². The molecule has 0 aliphatic carbocycles. The molecule has 1 aliphatic heterocycles. The quantitative estimate of drug-likeness (QED) is 0.270. The number of thioether (sulfide) groups is 1. The Balaban J connectivity index is 1.63. The number of hydrogen-bond acceptors (Lipinski definition) is 5. The number of non-ortho nitro benzene ring substituents is 1. The highest BCUT2D eigenvalue weighted by molar-refractivity contribution is 8.18. The van der Waals surface area contributed by atoms with Gasteiger partial charge in [0.2, 0.25) is 0 Å². The zero-order chi connectivity index (χ0) is 23.9. The van der Waals surface area contributed by atoms with E-state index in [0.717, 1.165) is 44.9 Å². The monoisotopic (exact) mass is 461 g/mol. The third-order valence-electron chi connectivity index (χ3n) is 5.69. The highest BCUT2D eigenvalue weighted by Gasteiger charge is 2.35. The fourth-order valence-electron chi connectivity index (χ4n) is 4.09. The summed E-state index contributed by atoms with van der Waals surface area (Å²) in [5.74, 6) is -0.396. The van der Waals surface area contributed by atoms with E-state index in [4.69, 9.17) is 0 Å². The van der Waals surface area contributed by atoms with Crippen molar-refractivity contribution in [3.05, 3.63) is 97.2 Å². The van der Waals surface area contributed by atoms with Crippen LogP contribution in [0.4, 0.5) is 10.5 Å². The van der Waals surface area contributed by atoms with Crippen LogP contribution in [-0.4, -0.2) is 25.5 Å². The van der Waals surface area contributed by atoms with Crippen molar-refractivity contribution in [3.63, 3.8) is 0 Å². The number of nitrogens with zero attached hydrogens (tertiary/aromatic N) is 3. The van der Waals surface area contributed by atoms with E-state index in [1.807, 2.05) is 19.9 Å². The highest BCUT2D eigenvalue weighted by Crippen LogP contribution is 2.35. The van der Waals surface area contributed by atoms with E-state index in [1.165, 1.54) is 17.7 Å². The molecule has 4 rings (SSSR count). The highest BCUT2D eigenvalue weighted by atomic mass is 32.2. The van der Waals surface area contributed by atoms with E-state index >= 15 is 0 Å². The van der Waals surface area contributed by atoms with Crippen molar-refractivity contribution in [2.45, 2.75) is 34.2 Å². The topological polar surface area (TPSA) is 85.4 Å². The van der Waals surface area contributed by atoms with Crippen molar-refractivity contribution in [3.8, 4) is 5.69 Å². The number of nitro groups is 1. The Hall–Kier alpha value is -3.65. The standard InChI is InChI=1S/C25H23N3O4S/c1-15-8-9-22(16(2)10-15)27-17(3)11-20(18(27)4)13-23-24(29)26(25(30)33-23)14-19-6-5-7-21(12-19)28(31)32/h5-13H,14H2,1-4H3/b23-13+. The van der Waals surface area contributed by atoms with Crippen molar-refractivity contribution >= 4 is 34.7 Å². The molecule has 0 spiro atoms. The first-order chi connectivity index (χ1) is 15.7. The van der Waals surface area contributed by atoms with E-state index in [1.54, 1.807) is 18.2 Å². The molecule has 7 nitrogen and oxygen atoms in total. The molecule has 0 saturated carbocycles. The molecule has 2 heterocycles. The molecule has 0 N–H and O–H groups in total. The third kappa shape index (κ3) is 4.34. The average Bonchev–Trinajstić information content (AvgIpc) is 3.18. The van der Waals surface area contributed by atoms with Crippen molar-refractivity contribution in [1.82, 2.24) is 9.47 Å². The summed E-state index contributed by atoms with van der Waals surface area (Å²) in [5.41, 5.74) is 6.75. The fourth-order valence-corrected chi connectivity index (χ4v) is 4.92. The van der Waals surface area contributed by atoms with Gasteiger partial charge in [-0.05, 0) is 74.4 Å². The number of aryl methyl sites for hydroxylation is 3. The van der Waals surface area contributed by atoms with Gasteiger partial charge in [-0.15, -0.1) is 0 Å². The van der Waals surface area contributed by atoms with Crippen LogP contribution in [0.1, 0.15) is 33.6 Å². The van der Waals surface area contributed by atoms with E-state index in [2.05, 4.69) is 36.6 Å². The molecule has 1 aromatic heterocycles. The maximum Gasteiger partial charge on any atom is 0.293 e. The Kier molecular flexibility index (Phi) is 5.95. The number of rotatable bonds is 5. The number of hydrogen-bond donors (Lipinski definition) is 0. The lowest BCUT2D eigenvalue weighted by atomic mass is 10.1. The minimum Gasteiger partial charge on any atom is -0.318 e. The number of carbonyl (C=O) groups excluding carboxylic acids is 2. The van der Waals surface area contributed by atoms with E-state index in [9.17, 15) is 19.7 Å². The summed E-state index contributed by atoms with van der Waals surface area (Å²) in [4.78, 5) is 37.5. The Bertz CT molecular complexity index is 1340. The van der Waals surface area contributed by atoms with Gasteiger partial charge >= 0.3 is 0 Å². The number of benzene rings is 2. The number of aromatic nitrogens is 1. The lowest BCUT2D eigenvalue weighted by Gasteiger charge is -2.13. The Morgan fingerprint density at radius 1 is 1.03 bits per heavy atom. The maximum absolute atomic E-state index is 13.0. The molecule has 1 saturated heterocycles.